The van der Waals surface area contributed by atoms with Gasteiger partial charge < -0.3 is 4.74 Å². The molecule has 8 heteroatoms. The molecule has 2 aromatic rings. The fourth-order valence-corrected chi connectivity index (χ4v) is 2.48. The summed E-state index contributed by atoms with van der Waals surface area (Å²) >= 11 is 6.23. The molecule has 0 radical (unpaired) electrons. The molecule has 1 aromatic heterocycles. The molecule has 130 valence electrons. The second-order valence-corrected chi connectivity index (χ2v) is 5.41. The Morgan fingerprint density at radius 3 is 2.38 bits per heavy atom. The summed E-state index contributed by atoms with van der Waals surface area (Å²) in [6.07, 6.45) is -3.14. The van der Waals surface area contributed by atoms with Gasteiger partial charge in [0, 0.05) is 0 Å². The highest BCUT2D eigenvalue weighted by atomic mass is 35.5. The molecule has 0 spiro atoms. The maximum absolute atomic E-state index is 12.7. The van der Waals surface area contributed by atoms with E-state index in [0.29, 0.717) is 17.8 Å². The second-order valence-electron chi connectivity index (χ2n) is 5.04. The number of alkyl halides is 3. The Bertz CT molecular complexity index is 724. The molecule has 1 heterocycles. The van der Waals surface area contributed by atoms with Crippen LogP contribution < -0.4 is 0 Å². The van der Waals surface area contributed by atoms with Gasteiger partial charge in [-0.1, -0.05) is 24.9 Å². The van der Waals surface area contributed by atoms with E-state index in [4.69, 9.17) is 16.3 Å². The van der Waals surface area contributed by atoms with Crippen molar-refractivity contribution in [2.24, 2.45) is 0 Å². The smallest absolute Gasteiger partial charge is 0.416 e. The highest BCUT2D eigenvalue weighted by Gasteiger charge is 2.30. The number of hydrogen-bond donors (Lipinski definition) is 0. The molecular formula is C16H16ClF3N2O2. The number of hydrogen-bond acceptors (Lipinski definition) is 3. The van der Waals surface area contributed by atoms with Gasteiger partial charge in [-0.05, 0) is 37.6 Å². The Kier molecular flexibility index (Phi) is 5.54. The molecule has 0 fully saturated rings. The molecule has 0 aliphatic rings. The second kappa shape index (κ2) is 7.25. The van der Waals surface area contributed by atoms with Crippen LogP contribution in [0.5, 0.6) is 0 Å². The average molecular weight is 361 g/mol. The number of carbonyl (C=O) groups is 1. The van der Waals surface area contributed by atoms with Gasteiger partial charge in [-0.3, -0.25) is 0 Å². The van der Waals surface area contributed by atoms with Crippen molar-refractivity contribution < 1.29 is 22.7 Å². The molecule has 0 N–H and O–H groups in total. The van der Waals surface area contributed by atoms with E-state index in [1.165, 1.54) is 16.8 Å². The highest BCUT2D eigenvalue weighted by Crippen LogP contribution is 2.31. The third-order valence-electron chi connectivity index (χ3n) is 3.29. The summed E-state index contributed by atoms with van der Waals surface area (Å²) in [7, 11) is 0. The molecule has 4 nitrogen and oxygen atoms in total. The van der Waals surface area contributed by atoms with Crippen molar-refractivity contribution in [1.82, 2.24) is 9.78 Å². The van der Waals surface area contributed by atoms with Crippen LogP contribution in [-0.2, 0) is 17.3 Å². The summed E-state index contributed by atoms with van der Waals surface area (Å²) in [6, 6.07) is 4.34. The van der Waals surface area contributed by atoms with Crippen LogP contribution in [0.4, 0.5) is 13.2 Å². The van der Waals surface area contributed by atoms with Crippen LogP contribution in [-0.4, -0.2) is 22.4 Å². The van der Waals surface area contributed by atoms with Gasteiger partial charge in [-0.25, -0.2) is 9.48 Å². The van der Waals surface area contributed by atoms with Gasteiger partial charge in [0.15, 0.2) is 5.69 Å². The number of ether oxygens (including phenoxy) is 1. The van der Waals surface area contributed by atoms with E-state index in [9.17, 15) is 18.0 Å². The fraction of sp³-hybridized carbons (Fsp3) is 0.375. The fourth-order valence-electron chi connectivity index (χ4n) is 2.19. The molecule has 1 aromatic carbocycles. The number of halogens is 4. The molecule has 0 saturated heterocycles. The Balaban J connectivity index is 2.52. The van der Waals surface area contributed by atoms with Crippen LogP contribution >= 0.6 is 11.6 Å². The number of aromatic nitrogens is 2. The number of aryl methyl sites for hydroxylation is 1. The molecule has 0 amide bonds. The van der Waals surface area contributed by atoms with Crippen LogP contribution in [0.15, 0.2) is 24.3 Å². The Morgan fingerprint density at radius 1 is 1.25 bits per heavy atom. The van der Waals surface area contributed by atoms with Gasteiger partial charge in [0.25, 0.3) is 0 Å². The predicted octanol–water partition coefficient (Wildman–Crippen LogP) is 4.67. The summed E-state index contributed by atoms with van der Waals surface area (Å²) in [5, 5.41) is 4.43. The number of rotatable bonds is 5. The van der Waals surface area contributed by atoms with E-state index < -0.39 is 17.7 Å². The molecule has 0 atom stereocenters. The van der Waals surface area contributed by atoms with Gasteiger partial charge in [-0.2, -0.15) is 18.3 Å². The number of benzene rings is 1. The molecule has 24 heavy (non-hydrogen) atoms. The zero-order valence-corrected chi connectivity index (χ0v) is 13.9. The van der Waals surface area contributed by atoms with Crippen molar-refractivity contribution in [2.45, 2.75) is 32.9 Å². The lowest BCUT2D eigenvalue weighted by Crippen LogP contribution is -2.13. The van der Waals surface area contributed by atoms with E-state index in [2.05, 4.69) is 5.10 Å². The molecule has 0 saturated carbocycles. The van der Waals surface area contributed by atoms with E-state index in [-0.39, 0.29) is 17.3 Å². The largest absolute Gasteiger partial charge is 0.461 e. The molecular weight excluding hydrogens is 345 g/mol. The molecule has 0 aliphatic carbocycles. The summed E-state index contributed by atoms with van der Waals surface area (Å²) in [4.78, 5) is 12.2. The first-order valence-electron chi connectivity index (χ1n) is 7.41. The summed E-state index contributed by atoms with van der Waals surface area (Å²) in [5.41, 5.74) is 0.0371. The standard InChI is InChI=1S/C16H16ClF3N2O2/c1-3-5-12-13(17)14(15(23)24-4-2)22(21-12)11-8-6-10(7-9-11)16(18,19)20/h6-9H,3-5H2,1-2H3. The summed E-state index contributed by atoms with van der Waals surface area (Å²) in [6.45, 7) is 3.73. The van der Waals surface area contributed by atoms with Crippen molar-refractivity contribution >= 4 is 17.6 Å². The number of carbonyl (C=O) groups excluding carboxylic acids is 1. The molecule has 2 rings (SSSR count). The van der Waals surface area contributed by atoms with Crippen LogP contribution in [0, 0.1) is 0 Å². The topological polar surface area (TPSA) is 44.1 Å². The average Bonchev–Trinajstić information content (AvgIpc) is 2.84. The Labute approximate surface area is 142 Å². The normalized spacial score (nSPS) is 11.6. The van der Waals surface area contributed by atoms with Gasteiger partial charge in [0.1, 0.15) is 0 Å². The van der Waals surface area contributed by atoms with Gasteiger partial charge in [0.05, 0.1) is 28.6 Å². The lowest BCUT2D eigenvalue weighted by Gasteiger charge is -2.10. The van der Waals surface area contributed by atoms with E-state index in [1.807, 2.05) is 6.92 Å². The maximum atomic E-state index is 12.7. The first-order chi connectivity index (χ1) is 11.3. The minimum absolute atomic E-state index is 0.0155. The minimum Gasteiger partial charge on any atom is -0.461 e. The van der Waals surface area contributed by atoms with Crippen molar-refractivity contribution in [3.8, 4) is 5.69 Å². The van der Waals surface area contributed by atoms with Crippen LogP contribution in [0.3, 0.4) is 0 Å². The zero-order chi connectivity index (χ0) is 17.9. The van der Waals surface area contributed by atoms with Crippen molar-refractivity contribution in [2.75, 3.05) is 6.61 Å². The lowest BCUT2D eigenvalue weighted by atomic mass is 10.2. The first-order valence-corrected chi connectivity index (χ1v) is 7.79. The predicted molar refractivity (Wildman–Crippen MR) is 83.5 cm³/mol. The SMILES string of the molecule is CCCc1nn(-c2ccc(C(F)(F)F)cc2)c(C(=O)OCC)c1Cl. The van der Waals surface area contributed by atoms with Gasteiger partial charge in [-0.15, -0.1) is 0 Å². The van der Waals surface area contributed by atoms with Crippen LogP contribution in [0.25, 0.3) is 5.69 Å². The van der Waals surface area contributed by atoms with E-state index in [1.54, 1.807) is 6.92 Å². The third-order valence-corrected chi connectivity index (χ3v) is 3.69. The van der Waals surface area contributed by atoms with Crippen molar-refractivity contribution in [3.05, 3.63) is 46.2 Å². The van der Waals surface area contributed by atoms with Gasteiger partial charge >= 0.3 is 12.1 Å². The van der Waals surface area contributed by atoms with E-state index in [0.717, 1.165) is 18.6 Å². The Morgan fingerprint density at radius 2 is 1.88 bits per heavy atom. The number of esters is 1. The minimum atomic E-state index is -4.43. The summed E-state index contributed by atoms with van der Waals surface area (Å²) < 4.78 is 44.2. The van der Waals surface area contributed by atoms with Crippen LogP contribution in [0.2, 0.25) is 5.02 Å². The lowest BCUT2D eigenvalue weighted by molar-refractivity contribution is -0.137. The first kappa shape index (κ1) is 18.3. The third kappa shape index (κ3) is 3.72. The monoisotopic (exact) mass is 360 g/mol. The van der Waals surface area contributed by atoms with Crippen molar-refractivity contribution in [3.63, 3.8) is 0 Å². The molecule has 0 aliphatic heterocycles. The van der Waals surface area contributed by atoms with Crippen LogP contribution in [0.1, 0.15) is 42.0 Å². The zero-order valence-electron chi connectivity index (χ0n) is 13.2. The Hall–Kier alpha value is -2.02. The number of nitrogens with zero attached hydrogens (tertiary/aromatic N) is 2. The van der Waals surface area contributed by atoms with Crippen molar-refractivity contribution in [1.29, 1.82) is 0 Å². The molecule has 0 bridgehead atoms. The quantitative estimate of drug-likeness (QED) is 0.727. The maximum Gasteiger partial charge on any atom is 0.416 e. The van der Waals surface area contributed by atoms with Gasteiger partial charge in [0.2, 0.25) is 0 Å². The summed E-state index contributed by atoms with van der Waals surface area (Å²) in [5.74, 6) is -0.669. The molecule has 0 unspecified atom stereocenters. The van der Waals surface area contributed by atoms with E-state index >= 15 is 0 Å². The highest BCUT2D eigenvalue weighted by molar-refractivity contribution is 6.34.